The van der Waals surface area contributed by atoms with Crippen molar-refractivity contribution in [3.05, 3.63) is 15.3 Å². The number of rotatable bonds is 2. The molecule has 0 radical (unpaired) electrons. The lowest BCUT2D eigenvalue weighted by Crippen LogP contribution is -2.31. The van der Waals surface area contributed by atoms with Crippen molar-refractivity contribution < 1.29 is 19.7 Å². The standard InChI is InChI=1S/C11H15NO4S/c1-16-10-7-2-4-12(11(14)15)5-3-8(7)17-9(10)6-13/h13H,2-6H2,1H3,(H,14,15). The molecule has 2 rings (SSSR count). The normalized spacial score (nSPS) is 15.3. The largest absolute Gasteiger partial charge is 0.495 e. The summed E-state index contributed by atoms with van der Waals surface area (Å²) < 4.78 is 5.31. The van der Waals surface area contributed by atoms with Crippen molar-refractivity contribution in [1.82, 2.24) is 4.90 Å². The van der Waals surface area contributed by atoms with Gasteiger partial charge in [-0.15, -0.1) is 11.3 Å². The second-order valence-electron chi connectivity index (χ2n) is 3.89. The third-order valence-electron chi connectivity index (χ3n) is 2.97. The monoisotopic (exact) mass is 257 g/mol. The van der Waals surface area contributed by atoms with Gasteiger partial charge >= 0.3 is 6.09 Å². The number of aliphatic hydroxyl groups excluding tert-OH is 1. The van der Waals surface area contributed by atoms with Gasteiger partial charge in [-0.25, -0.2) is 4.79 Å². The molecular formula is C11H15NO4S. The summed E-state index contributed by atoms with van der Waals surface area (Å²) in [6.45, 7) is 0.973. The maximum Gasteiger partial charge on any atom is 0.407 e. The van der Waals surface area contributed by atoms with Crippen LogP contribution in [0.1, 0.15) is 15.3 Å². The highest BCUT2D eigenvalue weighted by atomic mass is 32.1. The molecule has 0 fully saturated rings. The SMILES string of the molecule is COc1c(CO)sc2c1CCN(C(=O)O)CC2. The van der Waals surface area contributed by atoms with Gasteiger partial charge in [0.15, 0.2) is 0 Å². The lowest BCUT2D eigenvalue weighted by molar-refractivity contribution is 0.147. The average Bonchev–Trinajstić information content (AvgIpc) is 2.52. The van der Waals surface area contributed by atoms with Crippen LogP contribution in [0.4, 0.5) is 4.79 Å². The number of methoxy groups -OCH3 is 1. The van der Waals surface area contributed by atoms with Crippen LogP contribution in [-0.2, 0) is 19.4 Å². The van der Waals surface area contributed by atoms with Gasteiger partial charge in [-0.2, -0.15) is 0 Å². The fourth-order valence-corrected chi connectivity index (χ4v) is 3.31. The quantitative estimate of drug-likeness (QED) is 0.838. The smallest absolute Gasteiger partial charge is 0.407 e. The van der Waals surface area contributed by atoms with Crippen molar-refractivity contribution >= 4 is 17.4 Å². The topological polar surface area (TPSA) is 70.0 Å². The summed E-state index contributed by atoms with van der Waals surface area (Å²) in [7, 11) is 1.58. The molecule has 5 nitrogen and oxygen atoms in total. The second kappa shape index (κ2) is 4.93. The minimum absolute atomic E-state index is 0.0243. The van der Waals surface area contributed by atoms with Gasteiger partial charge < -0.3 is 19.8 Å². The minimum atomic E-state index is -0.874. The van der Waals surface area contributed by atoms with Crippen molar-refractivity contribution in [2.75, 3.05) is 20.2 Å². The molecule has 0 spiro atoms. The van der Waals surface area contributed by atoms with Crippen LogP contribution in [0.5, 0.6) is 5.75 Å². The van der Waals surface area contributed by atoms with E-state index in [1.165, 1.54) is 16.2 Å². The Labute approximate surface area is 103 Å². The van der Waals surface area contributed by atoms with E-state index in [0.717, 1.165) is 21.1 Å². The Morgan fingerprint density at radius 3 is 2.76 bits per heavy atom. The van der Waals surface area contributed by atoms with Crippen molar-refractivity contribution in [3.8, 4) is 5.75 Å². The summed E-state index contributed by atoms with van der Waals surface area (Å²) in [4.78, 5) is 14.3. The Hall–Kier alpha value is -1.27. The summed E-state index contributed by atoms with van der Waals surface area (Å²) in [5, 5.41) is 18.2. The zero-order chi connectivity index (χ0) is 12.4. The highest BCUT2D eigenvalue weighted by molar-refractivity contribution is 7.12. The Kier molecular flexibility index (Phi) is 3.54. The highest BCUT2D eigenvalue weighted by Gasteiger charge is 2.24. The van der Waals surface area contributed by atoms with Crippen LogP contribution >= 0.6 is 11.3 Å². The highest BCUT2D eigenvalue weighted by Crippen LogP contribution is 2.37. The third kappa shape index (κ3) is 2.23. The lowest BCUT2D eigenvalue weighted by atomic mass is 10.1. The molecule has 1 amide bonds. The van der Waals surface area contributed by atoms with Gasteiger partial charge in [0.2, 0.25) is 0 Å². The number of ether oxygens (including phenoxy) is 1. The first kappa shape index (κ1) is 12.2. The van der Waals surface area contributed by atoms with E-state index in [9.17, 15) is 9.90 Å². The fourth-order valence-electron chi connectivity index (χ4n) is 2.13. The number of hydrogen-bond acceptors (Lipinski definition) is 4. The van der Waals surface area contributed by atoms with Crippen LogP contribution < -0.4 is 4.74 Å². The Balaban J connectivity index is 2.27. The van der Waals surface area contributed by atoms with Crippen molar-refractivity contribution in [2.24, 2.45) is 0 Å². The number of fused-ring (bicyclic) bond motifs is 1. The molecular weight excluding hydrogens is 242 g/mol. The molecule has 1 aromatic heterocycles. The van der Waals surface area contributed by atoms with E-state index >= 15 is 0 Å². The van der Waals surface area contributed by atoms with E-state index in [0.29, 0.717) is 25.9 Å². The van der Waals surface area contributed by atoms with Crippen LogP contribution in [-0.4, -0.2) is 41.4 Å². The number of carbonyl (C=O) groups is 1. The van der Waals surface area contributed by atoms with Crippen LogP contribution in [0.2, 0.25) is 0 Å². The molecule has 0 saturated heterocycles. The van der Waals surface area contributed by atoms with Gasteiger partial charge in [0.1, 0.15) is 5.75 Å². The van der Waals surface area contributed by atoms with Gasteiger partial charge in [0, 0.05) is 23.5 Å². The van der Waals surface area contributed by atoms with Crippen LogP contribution in [0, 0.1) is 0 Å². The van der Waals surface area contributed by atoms with Gasteiger partial charge in [0.05, 0.1) is 18.6 Å². The fraction of sp³-hybridized carbons (Fsp3) is 0.545. The molecule has 17 heavy (non-hydrogen) atoms. The molecule has 0 unspecified atom stereocenters. The number of carboxylic acid groups (broad SMARTS) is 1. The second-order valence-corrected chi connectivity index (χ2v) is 5.08. The Morgan fingerprint density at radius 2 is 2.18 bits per heavy atom. The first-order valence-corrected chi connectivity index (χ1v) is 6.25. The number of amides is 1. The molecule has 1 aliphatic rings. The summed E-state index contributed by atoms with van der Waals surface area (Å²) in [6, 6.07) is 0. The minimum Gasteiger partial charge on any atom is -0.495 e. The van der Waals surface area contributed by atoms with Crippen molar-refractivity contribution in [3.63, 3.8) is 0 Å². The predicted octanol–water partition coefficient (Wildman–Crippen LogP) is 1.33. The number of thiophene rings is 1. The third-order valence-corrected chi connectivity index (χ3v) is 4.23. The van der Waals surface area contributed by atoms with Gasteiger partial charge in [-0.05, 0) is 12.8 Å². The summed E-state index contributed by atoms with van der Waals surface area (Å²) in [5.41, 5.74) is 1.06. The number of hydrogen-bond donors (Lipinski definition) is 2. The predicted molar refractivity (Wildman–Crippen MR) is 63.8 cm³/mol. The first-order valence-electron chi connectivity index (χ1n) is 5.43. The first-order chi connectivity index (χ1) is 8.17. The molecule has 0 aliphatic carbocycles. The van der Waals surface area contributed by atoms with Gasteiger partial charge in [0.25, 0.3) is 0 Å². The molecule has 0 saturated carbocycles. The molecule has 6 heteroatoms. The zero-order valence-electron chi connectivity index (χ0n) is 9.60. The summed E-state index contributed by atoms with van der Waals surface area (Å²) in [5.74, 6) is 0.736. The maximum atomic E-state index is 10.9. The Morgan fingerprint density at radius 1 is 1.47 bits per heavy atom. The lowest BCUT2D eigenvalue weighted by Gasteiger charge is -2.15. The van der Waals surface area contributed by atoms with E-state index in [1.807, 2.05) is 0 Å². The van der Waals surface area contributed by atoms with Crippen molar-refractivity contribution in [2.45, 2.75) is 19.4 Å². The molecule has 1 aliphatic heterocycles. The van der Waals surface area contributed by atoms with Crippen LogP contribution in [0.3, 0.4) is 0 Å². The molecule has 1 aromatic rings. The zero-order valence-corrected chi connectivity index (χ0v) is 10.4. The summed E-state index contributed by atoms with van der Waals surface area (Å²) >= 11 is 1.52. The average molecular weight is 257 g/mol. The van der Waals surface area contributed by atoms with E-state index < -0.39 is 6.09 Å². The molecule has 0 bridgehead atoms. The van der Waals surface area contributed by atoms with E-state index in [-0.39, 0.29) is 6.61 Å². The van der Waals surface area contributed by atoms with E-state index in [1.54, 1.807) is 7.11 Å². The number of aliphatic hydroxyl groups is 1. The van der Waals surface area contributed by atoms with Crippen LogP contribution in [0.25, 0.3) is 0 Å². The van der Waals surface area contributed by atoms with Crippen molar-refractivity contribution in [1.29, 1.82) is 0 Å². The van der Waals surface area contributed by atoms with Crippen LogP contribution in [0.15, 0.2) is 0 Å². The molecule has 0 atom stereocenters. The van der Waals surface area contributed by atoms with E-state index in [2.05, 4.69) is 0 Å². The Bertz CT molecular complexity index is 429. The molecule has 2 N–H and O–H groups in total. The maximum absolute atomic E-state index is 10.9. The van der Waals surface area contributed by atoms with E-state index in [4.69, 9.17) is 9.84 Å². The number of nitrogens with zero attached hydrogens (tertiary/aromatic N) is 1. The van der Waals surface area contributed by atoms with Gasteiger partial charge in [-0.1, -0.05) is 0 Å². The molecule has 2 heterocycles. The van der Waals surface area contributed by atoms with Gasteiger partial charge in [-0.3, -0.25) is 0 Å². The molecule has 94 valence electrons. The summed E-state index contributed by atoms with van der Waals surface area (Å²) in [6.07, 6.45) is 0.478. The molecule has 0 aromatic carbocycles.